The molecule has 0 aliphatic rings. The number of ether oxygens (including phenoxy) is 7. The van der Waals surface area contributed by atoms with Crippen LogP contribution in [-0.4, -0.2) is 109 Å². The molecule has 0 atom stereocenters. The Morgan fingerprint density at radius 2 is 1.00 bits per heavy atom. The predicted molar refractivity (Wildman–Crippen MR) is 107 cm³/mol. The molecule has 0 unspecified atom stereocenters. The molecule has 0 aliphatic heterocycles. The van der Waals surface area contributed by atoms with Crippen molar-refractivity contribution in [3.63, 3.8) is 0 Å². The molecule has 0 bridgehead atoms. The summed E-state index contributed by atoms with van der Waals surface area (Å²) in [5.74, 6) is -0.857. The summed E-state index contributed by atoms with van der Waals surface area (Å²) in [5.41, 5.74) is 0. The molecule has 0 saturated heterocycles. The second-order valence-electron chi connectivity index (χ2n) is 5.77. The molecule has 0 aromatic heterocycles. The maximum Gasteiger partial charge on any atom is 0.372 e. The molecule has 0 aromatic rings. The van der Waals surface area contributed by atoms with E-state index in [0.29, 0.717) is 66.1 Å². The Balaban J connectivity index is 3.17. The third-order valence-corrected chi connectivity index (χ3v) is 3.33. The van der Waals surface area contributed by atoms with E-state index in [1.807, 2.05) is 0 Å². The lowest BCUT2D eigenvalue weighted by Gasteiger charge is -2.08. The normalized spacial score (nSPS) is 10.5. The molecule has 0 rings (SSSR count). The molecule has 0 fully saturated rings. The Hall–Kier alpha value is -2.07. The van der Waals surface area contributed by atoms with Crippen molar-refractivity contribution < 1.29 is 52.6 Å². The van der Waals surface area contributed by atoms with E-state index in [2.05, 4.69) is 5.92 Å². The Morgan fingerprint density at radius 3 is 1.39 bits per heavy atom. The lowest BCUT2D eigenvalue weighted by molar-refractivity contribution is -0.151. The summed E-state index contributed by atoms with van der Waals surface area (Å²) in [4.78, 5) is 32.4. The fourth-order valence-electron chi connectivity index (χ4n) is 1.84. The fraction of sp³-hybridized carbons (Fsp3) is 0.750. The maximum absolute atomic E-state index is 11.3. The van der Waals surface area contributed by atoms with Crippen LogP contribution in [0.3, 0.4) is 0 Å². The monoisotopic (exact) mass is 448 g/mol. The molecular formula is C20H32O11. The van der Waals surface area contributed by atoms with Crippen LogP contribution in [0.1, 0.15) is 12.8 Å². The van der Waals surface area contributed by atoms with Crippen LogP contribution in [0.2, 0.25) is 0 Å². The molecule has 0 heterocycles. The Labute approximate surface area is 182 Å². The minimum absolute atomic E-state index is 0.0216. The van der Waals surface area contributed by atoms with Crippen molar-refractivity contribution in [2.75, 3.05) is 85.9 Å². The van der Waals surface area contributed by atoms with Gasteiger partial charge in [0.05, 0.1) is 79.1 Å². The topological polar surface area (TPSA) is 136 Å². The number of esters is 1. The van der Waals surface area contributed by atoms with E-state index in [9.17, 15) is 14.4 Å². The number of Topliss-reactive ketones (excluding diaryl/α,β-unsaturated/α-hetero) is 1. The molecule has 178 valence electrons. The number of terminal acetylenes is 1. The van der Waals surface area contributed by atoms with E-state index < -0.39 is 17.7 Å². The van der Waals surface area contributed by atoms with E-state index in [1.165, 1.54) is 0 Å². The van der Waals surface area contributed by atoms with Crippen LogP contribution < -0.4 is 0 Å². The lowest BCUT2D eigenvalue weighted by Crippen LogP contribution is -2.17. The lowest BCUT2D eigenvalue weighted by atomic mass is 10.2. The summed E-state index contributed by atoms with van der Waals surface area (Å²) in [5, 5.41) is 8.39. The maximum atomic E-state index is 11.3. The number of aliphatic carboxylic acids is 1. The predicted octanol–water partition coefficient (Wildman–Crippen LogP) is -0.304. The average Bonchev–Trinajstić information content (AvgIpc) is 2.76. The highest BCUT2D eigenvalue weighted by Crippen LogP contribution is 1.95. The first kappa shape index (κ1) is 28.9. The molecule has 0 aliphatic carbocycles. The fourth-order valence-corrected chi connectivity index (χ4v) is 1.84. The zero-order valence-corrected chi connectivity index (χ0v) is 17.7. The van der Waals surface area contributed by atoms with E-state index in [1.54, 1.807) is 0 Å². The van der Waals surface area contributed by atoms with Crippen molar-refractivity contribution in [3.8, 4) is 12.3 Å². The molecule has 31 heavy (non-hydrogen) atoms. The highest BCUT2D eigenvalue weighted by atomic mass is 16.6. The number of carbonyl (C=O) groups excluding carboxylic acids is 2. The number of carboxylic acids is 1. The standard InChI is InChI=1S/C20H32O11/c1-2-5-25-6-7-26-8-9-27-10-11-28-12-13-29-14-15-30-16-17-31-19(22)4-3-18(21)20(23)24/h1H,3-17H2,(H,23,24). The van der Waals surface area contributed by atoms with Crippen molar-refractivity contribution in [3.05, 3.63) is 0 Å². The van der Waals surface area contributed by atoms with Crippen LogP contribution >= 0.6 is 0 Å². The van der Waals surface area contributed by atoms with E-state index in [-0.39, 0.29) is 32.7 Å². The summed E-state index contributed by atoms with van der Waals surface area (Å²) < 4.78 is 36.3. The van der Waals surface area contributed by atoms with Gasteiger partial charge in [-0.05, 0) is 0 Å². The van der Waals surface area contributed by atoms with Gasteiger partial charge in [-0.3, -0.25) is 9.59 Å². The van der Waals surface area contributed by atoms with Crippen molar-refractivity contribution in [1.29, 1.82) is 0 Å². The molecule has 0 radical (unpaired) electrons. The average molecular weight is 448 g/mol. The number of ketones is 1. The van der Waals surface area contributed by atoms with Gasteiger partial charge < -0.3 is 38.3 Å². The van der Waals surface area contributed by atoms with Gasteiger partial charge in [0, 0.05) is 6.42 Å². The van der Waals surface area contributed by atoms with Crippen molar-refractivity contribution in [1.82, 2.24) is 0 Å². The van der Waals surface area contributed by atoms with Crippen molar-refractivity contribution in [2.24, 2.45) is 0 Å². The Bertz CT molecular complexity index is 516. The number of rotatable bonds is 23. The SMILES string of the molecule is C#CCOCCOCCOCCOCCOCCOCCOC(=O)CCC(=O)C(=O)O. The summed E-state index contributed by atoms with van der Waals surface area (Å²) in [7, 11) is 0. The van der Waals surface area contributed by atoms with E-state index in [4.69, 9.17) is 44.7 Å². The van der Waals surface area contributed by atoms with Crippen LogP contribution in [0.25, 0.3) is 0 Å². The van der Waals surface area contributed by atoms with Gasteiger partial charge in [-0.1, -0.05) is 5.92 Å². The van der Waals surface area contributed by atoms with Gasteiger partial charge in [-0.25, -0.2) is 4.79 Å². The molecular weight excluding hydrogens is 416 g/mol. The zero-order chi connectivity index (χ0) is 23.0. The molecule has 11 heteroatoms. The molecule has 0 amide bonds. The summed E-state index contributed by atoms with van der Waals surface area (Å²) in [6.45, 7) is 4.83. The summed E-state index contributed by atoms with van der Waals surface area (Å²) in [6, 6.07) is 0. The molecule has 0 aromatic carbocycles. The van der Waals surface area contributed by atoms with Crippen LogP contribution in [-0.2, 0) is 47.5 Å². The largest absolute Gasteiger partial charge is 0.476 e. The van der Waals surface area contributed by atoms with Gasteiger partial charge in [0.15, 0.2) is 0 Å². The van der Waals surface area contributed by atoms with Gasteiger partial charge in [0.1, 0.15) is 13.2 Å². The minimum Gasteiger partial charge on any atom is -0.476 e. The highest BCUT2D eigenvalue weighted by Gasteiger charge is 2.14. The number of carbonyl (C=O) groups is 3. The first-order valence-electron chi connectivity index (χ1n) is 9.89. The van der Waals surface area contributed by atoms with Crippen LogP contribution in [0.15, 0.2) is 0 Å². The summed E-state index contributed by atoms with van der Waals surface area (Å²) >= 11 is 0. The van der Waals surface area contributed by atoms with Crippen molar-refractivity contribution in [2.45, 2.75) is 12.8 Å². The van der Waals surface area contributed by atoms with Gasteiger partial charge in [0.25, 0.3) is 0 Å². The van der Waals surface area contributed by atoms with Crippen LogP contribution in [0.5, 0.6) is 0 Å². The second kappa shape index (κ2) is 22.6. The second-order valence-corrected chi connectivity index (χ2v) is 5.77. The number of hydrogen-bond acceptors (Lipinski definition) is 10. The third kappa shape index (κ3) is 22.4. The summed E-state index contributed by atoms with van der Waals surface area (Å²) in [6.07, 6.45) is 4.39. The minimum atomic E-state index is -1.56. The van der Waals surface area contributed by atoms with E-state index >= 15 is 0 Å². The van der Waals surface area contributed by atoms with Crippen LogP contribution in [0.4, 0.5) is 0 Å². The van der Waals surface area contributed by atoms with Crippen molar-refractivity contribution >= 4 is 17.7 Å². The van der Waals surface area contributed by atoms with Gasteiger partial charge in [-0.2, -0.15) is 0 Å². The number of carboxylic acid groups (broad SMARTS) is 1. The number of hydrogen-bond donors (Lipinski definition) is 1. The van der Waals surface area contributed by atoms with Crippen LogP contribution in [0, 0.1) is 12.3 Å². The molecule has 0 saturated carbocycles. The zero-order valence-electron chi connectivity index (χ0n) is 17.7. The Morgan fingerprint density at radius 1 is 0.613 bits per heavy atom. The Kier molecular flexibility index (Phi) is 21.1. The van der Waals surface area contributed by atoms with E-state index in [0.717, 1.165) is 0 Å². The quantitative estimate of drug-likeness (QED) is 0.0954. The molecule has 0 spiro atoms. The highest BCUT2D eigenvalue weighted by molar-refractivity contribution is 6.32. The third-order valence-electron chi connectivity index (χ3n) is 3.33. The first-order valence-corrected chi connectivity index (χ1v) is 9.89. The van der Waals surface area contributed by atoms with Gasteiger partial charge in [-0.15, -0.1) is 6.42 Å². The van der Waals surface area contributed by atoms with Gasteiger partial charge in [0.2, 0.25) is 5.78 Å². The molecule has 11 nitrogen and oxygen atoms in total. The smallest absolute Gasteiger partial charge is 0.372 e. The first-order chi connectivity index (χ1) is 15.1. The van der Waals surface area contributed by atoms with Gasteiger partial charge >= 0.3 is 11.9 Å². The molecule has 1 N–H and O–H groups in total.